The molecule has 2 fully saturated rings. The molecule has 0 spiro atoms. The summed E-state index contributed by atoms with van der Waals surface area (Å²) in [6.07, 6.45) is 11.5. The number of aliphatic imine (C=N–C) groups is 1. The molecule has 0 bridgehead atoms. The van der Waals surface area contributed by atoms with Crippen molar-refractivity contribution in [3.8, 4) is 0 Å². The Kier molecular flexibility index (Phi) is 5.52. The van der Waals surface area contributed by atoms with Crippen LogP contribution in [0.5, 0.6) is 0 Å². The van der Waals surface area contributed by atoms with Gasteiger partial charge in [0.2, 0.25) is 0 Å². The molecule has 1 aromatic rings. The van der Waals surface area contributed by atoms with Gasteiger partial charge < -0.3 is 4.74 Å². The van der Waals surface area contributed by atoms with Crippen molar-refractivity contribution in [2.75, 3.05) is 20.8 Å². The van der Waals surface area contributed by atoms with Crippen molar-refractivity contribution in [3.05, 3.63) is 58.2 Å². The lowest BCUT2D eigenvalue weighted by Crippen LogP contribution is -2.48. The van der Waals surface area contributed by atoms with E-state index in [2.05, 4.69) is 43.1 Å². The maximum Gasteiger partial charge on any atom is 0.156 e. The molecule has 170 valence electrons. The van der Waals surface area contributed by atoms with Crippen LogP contribution in [0.1, 0.15) is 75.8 Å². The third-order valence-corrected chi connectivity index (χ3v) is 9.59. The van der Waals surface area contributed by atoms with Crippen LogP contribution in [0.4, 0.5) is 0 Å². The number of hydrogen-bond donors (Lipinski definition) is 0. The Balaban J connectivity index is 1.65. The summed E-state index contributed by atoms with van der Waals surface area (Å²) in [6.45, 7) is 5.88. The lowest BCUT2D eigenvalue weighted by molar-refractivity contribution is -0.114. The minimum atomic E-state index is 0.217. The van der Waals surface area contributed by atoms with Crippen molar-refractivity contribution in [3.63, 3.8) is 0 Å². The van der Waals surface area contributed by atoms with Gasteiger partial charge in [-0.2, -0.15) is 0 Å². The van der Waals surface area contributed by atoms with Gasteiger partial charge >= 0.3 is 0 Å². The minimum Gasteiger partial charge on any atom is -0.384 e. The van der Waals surface area contributed by atoms with Crippen LogP contribution < -0.4 is 0 Å². The molecule has 5 atom stereocenters. The molecule has 2 saturated carbocycles. The molecule has 1 aromatic carbocycles. The Labute approximate surface area is 193 Å². The molecule has 0 heterocycles. The molecule has 32 heavy (non-hydrogen) atoms. The number of nitrogens with zero attached hydrogens (tertiary/aromatic N) is 1. The minimum absolute atomic E-state index is 0.217. The van der Waals surface area contributed by atoms with E-state index in [1.807, 2.05) is 26.4 Å². The molecule has 2 unspecified atom stereocenters. The van der Waals surface area contributed by atoms with E-state index >= 15 is 0 Å². The van der Waals surface area contributed by atoms with Crippen molar-refractivity contribution < 1.29 is 9.53 Å². The molecule has 0 N–H and O–H groups in total. The molecule has 0 saturated heterocycles. The summed E-state index contributed by atoms with van der Waals surface area (Å²) < 4.78 is 5.79. The highest BCUT2D eigenvalue weighted by Gasteiger charge is 2.61. The number of carbonyl (C=O) groups is 1. The van der Waals surface area contributed by atoms with Gasteiger partial charge in [-0.1, -0.05) is 43.7 Å². The second-order valence-electron chi connectivity index (χ2n) is 11.1. The van der Waals surface area contributed by atoms with E-state index in [-0.39, 0.29) is 10.8 Å². The predicted octanol–water partition coefficient (Wildman–Crippen LogP) is 6.29. The Morgan fingerprint density at radius 3 is 2.62 bits per heavy atom. The van der Waals surface area contributed by atoms with Crippen LogP contribution in [0, 0.1) is 22.7 Å². The fourth-order valence-corrected chi connectivity index (χ4v) is 7.81. The van der Waals surface area contributed by atoms with Crippen LogP contribution in [0.25, 0.3) is 0 Å². The van der Waals surface area contributed by atoms with Crippen molar-refractivity contribution in [1.29, 1.82) is 0 Å². The third-order valence-electron chi connectivity index (χ3n) is 9.59. The molecule has 0 aromatic heterocycles. The van der Waals surface area contributed by atoms with Gasteiger partial charge in [0.25, 0.3) is 0 Å². The zero-order valence-electron chi connectivity index (χ0n) is 20.1. The second-order valence-corrected chi connectivity index (χ2v) is 11.1. The molecule has 0 amide bonds. The van der Waals surface area contributed by atoms with Crippen LogP contribution in [-0.2, 0) is 9.53 Å². The average Bonchev–Trinajstić information content (AvgIpc) is 3.04. The first kappa shape index (κ1) is 21.8. The standard InChI is InChI=1S/C29H37NO2/c1-28(18-32-4)14-13-26-24-11-9-21-15-22(31)10-12-23(21)27(24)25(16-29(26,28)2)20-7-5-19(6-8-20)17-30-3/h5-8,15,17,24-26H,9-14,16,18H2,1-4H3/t24?,25-,26?,28+,29+/m1/s1. The quantitative estimate of drug-likeness (QED) is 0.526. The van der Waals surface area contributed by atoms with Gasteiger partial charge in [-0.15, -0.1) is 0 Å². The SMILES string of the molecule is CN=Cc1ccc([C@H]2C[C@@]3(C)C(CC[C@@]3(C)COC)C3CCC4=CC(=O)CCC4=C32)cc1. The summed E-state index contributed by atoms with van der Waals surface area (Å²) in [5.41, 5.74) is 7.61. The number of benzene rings is 1. The lowest BCUT2D eigenvalue weighted by atomic mass is 9.49. The van der Waals surface area contributed by atoms with Crippen LogP contribution in [0.2, 0.25) is 0 Å². The summed E-state index contributed by atoms with van der Waals surface area (Å²) in [7, 11) is 3.69. The summed E-state index contributed by atoms with van der Waals surface area (Å²) in [6, 6.07) is 9.07. The molecule has 0 radical (unpaired) electrons. The Bertz CT molecular complexity index is 1000. The van der Waals surface area contributed by atoms with Gasteiger partial charge in [0.05, 0.1) is 6.61 Å². The first-order valence-electron chi connectivity index (χ1n) is 12.4. The summed E-state index contributed by atoms with van der Waals surface area (Å²) in [5, 5.41) is 0. The summed E-state index contributed by atoms with van der Waals surface area (Å²) in [5.74, 6) is 2.09. The number of carbonyl (C=O) groups excluding carboxylic acids is 1. The fourth-order valence-electron chi connectivity index (χ4n) is 7.81. The van der Waals surface area contributed by atoms with Crippen LogP contribution in [0.3, 0.4) is 0 Å². The molecule has 3 heteroatoms. The average molecular weight is 432 g/mol. The molecular formula is C29H37NO2. The molecule has 4 aliphatic carbocycles. The van der Waals surface area contributed by atoms with Crippen LogP contribution >= 0.6 is 0 Å². The number of allylic oxidation sites excluding steroid dienone is 4. The number of rotatable bonds is 4. The van der Waals surface area contributed by atoms with Crippen LogP contribution in [0.15, 0.2) is 52.1 Å². The zero-order chi connectivity index (χ0) is 22.5. The first-order chi connectivity index (χ1) is 15.4. The number of methoxy groups -OCH3 is 1. The maximum absolute atomic E-state index is 12.2. The second kappa shape index (κ2) is 8.09. The van der Waals surface area contributed by atoms with Crippen LogP contribution in [-0.4, -0.2) is 32.8 Å². The van der Waals surface area contributed by atoms with E-state index < -0.39 is 0 Å². The molecular weight excluding hydrogens is 394 g/mol. The highest BCUT2D eigenvalue weighted by atomic mass is 16.5. The highest BCUT2D eigenvalue weighted by Crippen LogP contribution is 2.69. The smallest absolute Gasteiger partial charge is 0.156 e. The van der Waals surface area contributed by atoms with Gasteiger partial charge in [-0.3, -0.25) is 9.79 Å². The summed E-state index contributed by atoms with van der Waals surface area (Å²) >= 11 is 0. The van der Waals surface area contributed by atoms with Crippen molar-refractivity contribution in [1.82, 2.24) is 0 Å². The Morgan fingerprint density at radius 1 is 1.12 bits per heavy atom. The topological polar surface area (TPSA) is 38.7 Å². The fraction of sp³-hybridized carbons (Fsp3) is 0.586. The largest absolute Gasteiger partial charge is 0.384 e. The van der Waals surface area contributed by atoms with E-state index in [1.165, 1.54) is 42.4 Å². The predicted molar refractivity (Wildman–Crippen MR) is 130 cm³/mol. The van der Waals surface area contributed by atoms with E-state index in [4.69, 9.17) is 4.74 Å². The van der Waals surface area contributed by atoms with Gasteiger partial charge in [-0.05, 0) is 89.5 Å². The molecule has 3 nitrogen and oxygen atoms in total. The Hall–Kier alpha value is -2.00. The monoisotopic (exact) mass is 431 g/mol. The molecule has 0 aliphatic heterocycles. The van der Waals surface area contributed by atoms with E-state index in [0.717, 1.165) is 25.0 Å². The third kappa shape index (κ3) is 3.27. The number of ketones is 1. The number of hydrogen-bond acceptors (Lipinski definition) is 3. The maximum atomic E-state index is 12.2. The summed E-state index contributed by atoms with van der Waals surface area (Å²) in [4.78, 5) is 16.4. The van der Waals surface area contributed by atoms with E-state index in [1.54, 1.807) is 5.57 Å². The van der Waals surface area contributed by atoms with Gasteiger partial charge in [-0.25, -0.2) is 0 Å². The van der Waals surface area contributed by atoms with Crippen molar-refractivity contribution in [2.45, 2.75) is 64.7 Å². The number of fused-ring (bicyclic) bond motifs is 4. The molecule has 5 rings (SSSR count). The van der Waals surface area contributed by atoms with Crippen molar-refractivity contribution in [2.24, 2.45) is 27.7 Å². The Morgan fingerprint density at radius 2 is 1.91 bits per heavy atom. The van der Waals surface area contributed by atoms with E-state index in [0.29, 0.717) is 30.0 Å². The zero-order valence-corrected chi connectivity index (χ0v) is 20.1. The van der Waals surface area contributed by atoms with Gasteiger partial charge in [0.15, 0.2) is 5.78 Å². The van der Waals surface area contributed by atoms with Gasteiger partial charge in [0.1, 0.15) is 0 Å². The number of ether oxygens (including phenoxy) is 1. The van der Waals surface area contributed by atoms with Crippen molar-refractivity contribution >= 4 is 12.0 Å². The molecule has 4 aliphatic rings. The lowest BCUT2D eigenvalue weighted by Gasteiger charge is -2.55. The van der Waals surface area contributed by atoms with E-state index in [9.17, 15) is 4.79 Å². The normalized spacial score (nSPS) is 36.7. The first-order valence-corrected chi connectivity index (χ1v) is 12.4. The van der Waals surface area contributed by atoms with Gasteiger partial charge in [0, 0.05) is 32.7 Å². The highest BCUT2D eigenvalue weighted by molar-refractivity contribution is 5.93.